The van der Waals surface area contributed by atoms with Gasteiger partial charge in [-0.2, -0.15) is 0 Å². The quantitative estimate of drug-likeness (QED) is 0.628. The molecule has 1 aromatic carbocycles. The molecular weight excluding hydrogens is 360 g/mol. The Balaban J connectivity index is 1.75. The first-order chi connectivity index (χ1) is 13.4. The number of ether oxygens (including phenoxy) is 2. The van der Waals surface area contributed by atoms with Crippen LogP contribution in [0.25, 0.3) is 0 Å². The van der Waals surface area contributed by atoms with E-state index in [1.807, 2.05) is 20.8 Å². The number of aromatic nitrogens is 1. The van der Waals surface area contributed by atoms with Gasteiger partial charge in [-0.05, 0) is 44.9 Å². The third kappa shape index (κ3) is 6.72. The van der Waals surface area contributed by atoms with Crippen molar-refractivity contribution in [1.82, 2.24) is 10.5 Å². The number of carbonyl (C=O) groups excluding carboxylic acids is 2. The Bertz CT molecular complexity index is 763. The molecule has 0 saturated heterocycles. The van der Waals surface area contributed by atoms with Crippen molar-refractivity contribution in [3.63, 3.8) is 0 Å². The minimum Gasteiger partial charge on any atom is -0.489 e. The number of benzene rings is 1. The van der Waals surface area contributed by atoms with Gasteiger partial charge >= 0.3 is 5.97 Å². The number of nitrogens with one attached hydrogen (secondary N) is 1. The van der Waals surface area contributed by atoms with E-state index >= 15 is 0 Å². The minimum atomic E-state index is -0.442. The monoisotopic (exact) mass is 388 g/mol. The first-order valence-electron chi connectivity index (χ1n) is 9.47. The summed E-state index contributed by atoms with van der Waals surface area (Å²) in [6.07, 6.45) is 1.98. The van der Waals surface area contributed by atoms with Crippen molar-refractivity contribution in [2.45, 2.75) is 59.6 Å². The zero-order valence-electron chi connectivity index (χ0n) is 16.9. The largest absolute Gasteiger partial charge is 0.489 e. The Morgan fingerprint density at radius 1 is 1.21 bits per heavy atom. The smallest absolute Gasteiger partial charge is 0.310 e. The first-order valence-corrected chi connectivity index (χ1v) is 9.47. The second-order valence-corrected chi connectivity index (χ2v) is 6.83. The summed E-state index contributed by atoms with van der Waals surface area (Å²) in [4.78, 5) is 23.6. The van der Waals surface area contributed by atoms with Crippen LogP contribution in [0.5, 0.6) is 5.75 Å². The van der Waals surface area contributed by atoms with E-state index in [4.69, 9.17) is 14.0 Å². The second-order valence-electron chi connectivity index (χ2n) is 6.83. The number of aryl methyl sites for hydroxylation is 2. The average molecular weight is 388 g/mol. The van der Waals surface area contributed by atoms with E-state index in [1.54, 1.807) is 24.3 Å². The average Bonchev–Trinajstić information content (AvgIpc) is 2.97. The zero-order valence-corrected chi connectivity index (χ0v) is 16.9. The summed E-state index contributed by atoms with van der Waals surface area (Å²) >= 11 is 0. The third-order valence-electron chi connectivity index (χ3n) is 4.33. The fraction of sp³-hybridized carbons (Fsp3) is 0.476. The van der Waals surface area contributed by atoms with Crippen LogP contribution in [-0.2, 0) is 27.4 Å². The molecule has 0 aliphatic carbocycles. The predicted molar refractivity (Wildman–Crippen MR) is 104 cm³/mol. The van der Waals surface area contributed by atoms with Crippen LogP contribution in [0.15, 0.2) is 28.8 Å². The standard InChI is InChI=1S/C21H28N2O5/c1-5-6-14(2)22-20(24)13-27-21(25)11-17-7-9-18(10-8-17)26-12-19-15(3)23-28-16(19)4/h7-10,14H,5-6,11-13H2,1-4H3,(H,22,24)/t14-/m0/s1. The molecular formula is C21H28N2O5. The molecule has 28 heavy (non-hydrogen) atoms. The van der Waals surface area contributed by atoms with Crippen molar-refractivity contribution in [3.05, 3.63) is 46.8 Å². The van der Waals surface area contributed by atoms with E-state index in [2.05, 4.69) is 17.4 Å². The summed E-state index contributed by atoms with van der Waals surface area (Å²) in [5.41, 5.74) is 2.53. The molecule has 1 N–H and O–H groups in total. The van der Waals surface area contributed by atoms with Crippen molar-refractivity contribution >= 4 is 11.9 Å². The van der Waals surface area contributed by atoms with Gasteiger partial charge in [0.25, 0.3) is 5.91 Å². The van der Waals surface area contributed by atoms with Crippen molar-refractivity contribution in [1.29, 1.82) is 0 Å². The molecule has 0 unspecified atom stereocenters. The summed E-state index contributed by atoms with van der Waals surface area (Å²) in [6.45, 7) is 7.81. The van der Waals surface area contributed by atoms with Gasteiger partial charge in [0, 0.05) is 6.04 Å². The van der Waals surface area contributed by atoms with Crippen LogP contribution in [0.2, 0.25) is 0 Å². The Labute approximate surface area is 165 Å². The SMILES string of the molecule is CCC[C@H](C)NC(=O)COC(=O)Cc1ccc(OCc2c(C)noc2C)cc1. The Hall–Kier alpha value is -2.83. The lowest BCUT2D eigenvalue weighted by Gasteiger charge is -2.12. The molecule has 1 amide bonds. The molecule has 0 saturated carbocycles. The second kappa shape index (κ2) is 10.5. The molecule has 0 bridgehead atoms. The highest BCUT2D eigenvalue weighted by atomic mass is 16.5. The number of nitrogens with zero attached hydrogens (tertiary/aromatic N) is 1. The van der Waals surface area contributed by atoms with Gasteiger partial charge in [0.2, 0.25) is 0 Å². The Kier molecular flexibility index (Phi) is 8.04. The first kappa shape index (κ1) is 21.5. The van der Waals surface area contributed by atoms with Crippen molar-refractivity contribution < 1.29 is 23.6 Å². The molecule has 1 heterocycles. The van der Waals surface area contributed by atoms with E-state index in [-0.39, 0.29) is 25.0 Å². The third-order valence-corrected chi connectivity index (χ3v) is 4.33. The molecule has 1 aromatic heterocycles. The molecule has 0 fully saturated rings. The Morgan fingerprint density at radius 2 is 1.93 bits per heavy atom. The van der Waals surface area contributed by atoms with E-state index in [0.717, 1.165) is 35.4 Å². The topological polar surface area (TPSA) is 90.7 Å². The highest BCUT2D eigenvalue weighted by Crippen LogP contribution is 2.18. The van der Waals surface area contributed by atoms with E-state index in [1.165, 1.54) is 0 Å². The van der Waals surface area contributed by atoms with Crippen molar-refractivity contribution in [3.8, 4) is 5.75 Å². The molecule has 2 aromatic rings. The predicted octanol–water partition coefficient (Wildman–Crippen LogP) is 3.26. The highest BCUT2D eigenvalue weighted by molar-refractivity contribution is 5.81. The van der Waals surface area contributed by atoms with Crippen LogP contribution >= 0.6 is 0 Å². The lowest BCUT2D eigenvalue weighted by atomic mass is 10.1. The van der Waals surface area contributed by atoms with Crippen LogP contribution in [0.4, 0.5) is 0 Å². The molecule has 0 spiro atoms. The maximum Gasteiger partial charge on any atom is 0.310 e. The molecule has 7 heteroatoms. The lowest BCUT2D eigenvalue weighted by molar-refractivity contribution is -0.148. The maximum atomic E-state index is 11.9. The van der Waals surface area contributed by atoms with E-state index in [0.29, 0.717) is 12.4 Å². The lowest BCUT2D eigenvalue weighted by Crippen LogP contribution is -2.35. The highest BCUT2D eigenvalue weighted by Gasteiger charge is 2.12. The minimum absolute atomic E-state index is 0.0779. The number of amides is 1. The molecule has 0 aliphatic rings. The van der Waals surface area contributed by atoms with E-state index in [9.17, 15) is 9.59 Å². The van der Waals surface area contributed by atoms with Crippen LogP contribution in [0.3, 0.4) is 0 Å². The van der Waals surface area contributed by atoms with Gasteiger partial charge in [0.1, 0.15) is 18.1 Å². The summed E-state index contributed by atoms with van der Waals surface area (Å²) in [7, 11) is 0. The van der Waals surface area contributed by atoms with Crippen molar-refractivity contribution in [2.75, 3.05) is 6.61 Å². The van der Waals surface area contributed by atoms with E-state index < -0.39 is 5.97 Å². The van der Waals surface area contributed by atoms with Gasteiger partial charge in [-0.1, -0.05) is 30.6 Å². The van der Waals surface area contributed by atoms with Gasteiger partial charge in [0.05, 0.1) is 17.7 Å². The fourth-order valence-electron chi connectivity index (χ4n) is 2.75. The van der Waals surface area contributed by atoms with Crippen LogP contribution < -0.4 is 10.1 Å². The number of hydrogen-bond acceptors (Lipinski definition) is 6. The summed E-state index contributed by atoms with van der Waals surface area (Å²) < 4.78 is 15.9. The molecule has 2 rings (SSSR count). The molecule has 1 atom stereocenters. The van der Waals surface area contributed by atoms with Gasteiger partial charge in [-0.15, -0.1) is 0 Å². The molecule has 152 valence electrons. The summed E-state index contributed by atoms with van der Waals surface area (Å²) in [6, 6.07) is 7.26. The zero-order chi connectivity index (χ0) is 20.5. The normalized spacial score (nSPS) is 11.7. The molecule has 0 radical (unpaired) electrons. The molecule has 7 nitrogen and oxygen atoms in total. The van der Waals surface area contributed by atoms with Crippen molar-refractivity contribution in [2.24, 2.45) is 0 Å². The fourth-order valence-corrected chi connectivity index (χ4v) is 2.75. The van der Waals surface area contributed by atoms with Gasteiger partial charge in [0.15, 0.2) is 6.61 Å². The van der Waals surface area contributed by atoms with Gasteiger partial charge in [-0.3, -0.25) is 9.59 Å². The number of rotatable bonds is 10. The maximum absolute atomic E-state index is 11.9. The number of carbonyl (C=O) groups is 2. The summed E-state index contributed by atoms with van der Waals surface area (Å²) in [5.74, 6) is 0.700. The Morgan fingerprint density at radius 3 is 2.54 bits per heavy atom. The van der Waals surface area contributed by atoms with Gasteiger partial charge in [-0.25, -0.2) is 0 Å². The van der Waals surface area contributed by atoms with Crippen LogP contribution in [-0.4, -0.2) is 29.7 Å². The van der Waals surface area contributed by atoms with Crippen LogP contribution in [0, 0.1) is 13.8 Å². The number of esters is 1. The number of hydrogen-bond donors (Lipinski definition) is 1. The van der Waals surface area contributed by atoms with Gasteiger partial charge < -0.3 is 19.3 Å². The van der Waals surface area contributed by atoms with Crippen LogP contribution in [0.1, 0.15) is 49.3 Å². The molecule has 0 aliphatic heterocycles. The summed E-state index contributed by atoms with van der Waals surface area (Å²) in [5, 5.41) is 6.69.